The summed E-state index contributed by atoms with van der Waals surface area (Å²) in [6.07, 6.45) is 0.501. The highest BCUT2D eigenvalue weighted by atomic mass is 16.5. The number of carbonyl (C=O) groups is 2. The van der Waals surface area contributed by atoms with Gasteiger partial charge in [-0.3, -0.25) is 4.79 Å². The zero-order valence-electron chi connectivity index (χ0n) is 11.9. The minimum absolute atomic E-state index is 0.104. The molecule has 0 saturated heterocycles. The molecule has 0 heterocycles. The van der Waals surface area contributed by atoms with E-state index in [0.29, 0.717) is 13.0 Å². The Balaban J connectivity index is 2.08. The molecule has 1 rings (SSSR count). The van der Waals surface area contributed by atoms with E-state index in [4.69, 9.17) is 19.7 Å². The number of aliphatic carboxylic acids is 1. The quantitative estimate of drug-likeness (QED) is 0.350. The average Bonchev–Trinajstić information content (AvgIpc) is 2.46. The van der Waals surface area contributed by atoms with E-state index in [1.54, 1.807) is 6.07 Å². The van der Waals surface area contributed by atoms with Crippen molar-refractivity contribution in [3.63, 3.8) is 0 Å². The fraction of sp³-hybridized carbons (Fsp3) is 0.429. The lowest BCUT2D eigenvalue weighted by atomic mass is 10.1. The molecule has 1 amide bonds. The molecular formula is C14H19NO7. The summed E-state index contributed by atoms with van der Waals surface area (Å²) in [5.74, 6) is -1.75. The van der Waals surface area contributed by atoms with Crippen LogP contribution in [0.4, 0.5) is 0 Å². The van der Waals surface area contributed by atoms with Crippen LogP contribution < -0.4 is 5.32 Å². The minimum Gasteiger partial charge on any atom is -0.504 e. The lowest BCUT2D eigenvalue weighted by Gasteiger charge is -2.07. The number of amides is 1. The van der Waals surface area contributed by atoms with Gasteiger partial charge in [-0.25, -0.2) is 4.79 Å². The lowest BCUT2D eigenvalue weighted by Crippen LogP contribution is -2.30. The van der Waals surface area contributed by atoms with Crippen LogP contribution in [0.3, 0.4) is 0 Å². The van der Waals surface area contributed by atoms with Crippen LogP contribution in [0.25, 0.3) is 0 Å². The first-order valence-electron chi connectivity index (χ1n) is 6.64. The van der Waals surface area contributed by atoms with Gasteiger partial charge in [0, 0.05) is 6.54 Å². The van der Waals surface area contributed by atoms with Gasteiger partial charge in [-0.1, -0.05) is 6.07 Å². The first-order valence-corrected chi connectivity index (χ1v) is 6.64. The van der Waals surface area contributed by atoms with Gasteiger partial charge < -0.3 is 30.1 Å². The molecule has 8 heteroatoms. The van der Waals surface area contributed by atoms with Crippen molar-refractivity contribution in [2.45, 2.75) is 6.42 Å². The Bertz CT molecular complexity index is 504. The molecule has 1 aromatic carbocycles. The summed E-state index contributed by atoms with van der Waals surface area (Å²) in [4.78, 5) is 21.6. The molecule has 1 aromatic rings. The molecule has 0 fully saturated rings. The van der Waals surface area contributed by atoms with E-state index in [-0.39, 0.29) is 37.2 Å². The van der Waals surface area contributed by atoms with Gasteiger partial charge in [-0.2, -0.15) is 0 Å². The number of ether oxygens (including phenoxy) is 2. The SMILES string of the molecule is O=C(O)COCCOCC(=O)NCCc1ccc(O)c(O)c1. The van der Waals surface area contributed by atoms with Gasteiger partial charge in [0.25, 0.3) is 0 Å². The summed E-state index contributed by atoms with van der Waals surface area (Å²) in [7, 11) is 0. The van der Waals surface area contributed by atoms with Gasteiger partial charge in [0.2, 0.25) is 5.91 Å². The van der Waals surface area contributed by atoms with Crippen LogP contribution in [0.1, 0.15) is 5.56 Å². The Labute approximate surface area is 127 Å². The summed E-state index contributed by atoms with van der Waals surface area (Å²) in [6, 6.07) is 4.46. The molecule has 0 atom stereocenters. The molecule has 0 spiro atoms. The number of nitrogens with one attached hydrogen (secondary N) is 1. The van der Waals surface area contributed by atoms with Gasteiger partial charge in [-0.05, 0) is 24.1 Å². The van der Waals surface area contributed by atoms with Gasteiger partial charge in [0.1, 0.15) is 13.2 Å². The molecular weight excluding hydrogens is 294 g/mol. The van der Waals surface area contributed by atoms with Crippen molar-refractivity contribution in [1.29, 1.82) is 0 Å². The summed E-state index contributed by atoms with van der Waals surface area (Å²) in [6.45, 7) is 0.0626. The molecule has 0 unspecified atom stereocenters. The highest BCUT2D eigenvalue weighted by Crippen LogP contribution is 2.24. The number of hydrogen-bond acceptors (Lipinski definition) is 6. The summed E-state index contributed by atoms with van der Waals surface area (Å²) in [5.41, 5.74) is 0.776. The highest BCUT2D eigenvalue weighted by Gasteiger charge is 2.04. The smallest absolute Gasteiger partial charge is 0.329 e. The topological polar surface area (TPSA) is 125 Å². The molecule has 22 heavy (non-hydrogen) atoms. The summed E-state index contributed by atoms with van der Waals surface area (Å²) < 4.78 is 9.75. The second kappa shape index (κ2) is 9.59. The number of rotatable bonds is 10. The highest BCUT2D eigenvalue weighted by molar-refractivity contribution is 5.77. The number of benzene rings is 1. The van der Waals surface area contributed by atoms with Gasteiger partial charge in [-0.15, -0.1) is 0 Å². The fourth-order valence-electron chi connectivity index (χ4n) is 1.56. The van der Waals surface area contributed by atoms with Crippen molar-refractivity contribution in [3.8, 4) is 11.5 Å². The minimum atomic E-state index is -1.06. The molecule has 0 aromatic heterocycles. The number of hydrogen-bond donors (Lipinski definition) is 4. The lowest BCUT2D eigenvalue weighted by molar-refractivity contribution is -0.143. The van der Waals surface area contributed by atoms with Crippen LogP contribution in [0.2, 0.25) is 0 Å². The van der Waals surface area contributed by atoms with Crippen molar-refractivity contribution >= 4 is 11.9 Å². The molecule has 4 N–H and O–H groups in total. The van der Waals surface area contributed by atoms with Crippen molar-refractivity contribution in [1.82, 2.24) is 5.32 Å². The third-order valence-corrected chi connectivity index (χ3v) is 2.61. The molecule has 0 bridgehead atoms. The molecule has 0 aliphatic rings. The molecule has 122 valence electrons. The molecule has 8 nitrogen and oxygen atoms in total. The van der Waals surface area contributed by atoms with Crippen LogP contribution in [0, 0.1) is 0 Å². The summed E-state index contributed by atoms with van der Waals surface area (Å²) in [5, 5.41) is 29.4. The van der Waals surface area contributed by atoms with Crippen molar-refractivity contribution in [2.75, 3.05) is 33.0 Å². The standard InChI is InChI=1S/C14H19NO7/c16-11-2-1-10(7-12(11)17)3-4-15-13(18)8-21-5-6-22-9-14(19)20/h1-2,7,16-17H,3-6,8-9H2,(H,15,18)(H,19,20). The monoisotopic (exact) mass is 313 g/mol. The Morgan fingerprint density at radius 2 is 1.73 bits per heavy atom. The Kier molecular flexibility index (Phi) is 7.73. The van der Waals surface area contributed by atoms with Crippen molar-refractivity contribution < 1.29 is 34.4 Å². The van der Waals surface area contributed by atoms with E-state index in [0.717, 1.165) is 5.56 Å². The second-order valence-corrected chi connectivity index (χ2v) is 4.42. The first-order chi connectivity index (χ1) is 10.5. The van der Waals surface area contributed by atoms with E-state index in [9.17, 15) is 14.7 Å². The second-order valence-electron chi connectivity index (χ2n) is 4.42. The van der Waals surface area contributed by atoms with Gasteiger partial charge in [0.05, 0.1) is 13.2 Å². The van der Waals surface area contributed by atoms with E-state index >= 15 is 0 Å². The molecule has 0 aliphatic carbocycles. The van der Waals surface area contributed by atoms with Crippen LogP contribution >= 0.6 is 0 Å². The molecule has 0 aliphatic heterocycles. The predicted molar refractivity (Wildman–Crippen MR) is 75.8 cm³/mol. The Morgan fingerprint density at radius 1 is 1.05 bits per heavy atom. The summed E-state index contributed by atoms with van der Waals surface area (Å²) >= 11 is 0. The van der Waals surface area contributed by atoms with Crippen LogP contribution in [0.5, 0.6) is 11.5 Å². The maximum Gasteiger partial charge on any atom is 0.329 e. The van der Waals surface area contributed by atoms with Crippen LogP contribution in [0.15, 0.2) is 18.2 Å². The Hall–Kier alpha value is -2.32. The fourth-order valence-corrected chi connectivity index (χ4v) is 1.56. The normalized spacial score (nSPS) is 10.4. The molecule has 0 radical (unpaired) electrons. The zero-order chi connectivity index (χ0) is 16.4. The largest absolute Gasteiger partial charge is 0.504 e. The van der Waals surface area contributed by atoms with Gasteiger partial charge in [0.15, 0.2) is 11.5 Å². The predicted octanol–water partition coefficient (Wildman–Crippen LogP) is -0.126. The molecule has 0 saturated carbocycles. The van der Waals surface area contributed by atoms with Crippen LogP contribution in [-0.2, 0) is 25.5 Å². The van der Waals surface area contributed by atoms with E-state index < -0.39 is 12.6 Å². The first kappa shape index (κ1) is 17.7. The van der Waals surface area contributed by atoms with E-state index in [1.807, 2.05) is 0 Å². The number of phenols is 2. The van der Waals surface area contributed by atoms with E-state index in [1.165, 1.54) is 12.1 Å². The van der Waals surface area contributed by atoms with E-state index in [2.05, 4.69) is 5.32 Å². The van der Waals surface area contributed by atoms with Crippen molar-refractivity contribution in [2.24, 2.45) is 0 Å². The number of carboxylic acid groups (broad SMARTS) is 1. The zero-order valence-corrected chi connectivity index (χ0v) is 11.9. The number of phenolic OH excluding ortho intramolecular Hbond substituents is 2. The third-order valence-electron chi connectivity index (χ3n) is 2.61. The van der Waals surface area contributed by atoms with Crippen LogP contribution in [-0.4, -0.2) is 60.2 Å². The number of aromatic hydroxyl groups is 2. The maximum atomic E-state index is 11.4. The van der Waals surface area contributed by atoms with Gasteiger partial charge >= 0.3 is 5.97 Å². The Morgan fingerprint density at radius 3 is 2.36 bits per heavy atom. The number of carbonyl (C=O) groups excluding carboxylic acids is 1. The maximum absolute atomic E-state index is 11.4. The average molecular weight is 313 g/mol. The van der Waals surface area contributed by atoms with Crippen molar-refractivity contribution in [3.05, 3.63) is 23.8 Å². The number of carboxylic acids is 1. The third kappa shape index (κ3) is 7.46.